The molecule has 20 aromatic rings. The minimum absolute atomic E-state index is 0.787. The third-order valence-corrected chi connectivity index (χ3v) is 19.1. The molecule has 0 atom stereocenters. The normalized spacial score (nSPS) is 11.5. The largest absolute Gasteiger partial charge is 0.399 e. The average Bonchev–Trinajstić information content (AvgIpc) is 1.65. The van der Waals surface area contributed by atoms with Gasteiger partial charge in [-0.2, -0.15) is 0 Å². The molecule has 99 heavy (non-hydrogen) atoms. The number of pyridine rings is 3. The van der Waals surface area contributed by atoms with Gasteiger partial charge in [-0.05, 0) is 188 Å². The third kappa shape index (κ3) is 10.0. The summed E-state index contributed by atoms with van der Waals surface area (Å²) in [4.78, 5) is 16.6. The van der Waals surface area contributed by atoms with Gasteiger partial charge in [0.25, 0.3) is 0 Å². The Bertz CT molecular complexity index is 5760. The lowest BCUT2D eigenvalue weighted by Gasteiger charge is -2.26. The smallest absolute Gasteiger partial charge is 0.145 e. The van der Waals surface area contributed by atoms with Gasteiger partial charge in [-0.3, -0.25) is 13.7 Å². The van der Waals surface area contributed by atoms with Crippen LogP contribution in [0.4, 0.5) is 22.7 Å². The van der Waals surface area contributed by atoms with Crippen LogP contribution in [0.1, 0.15) is 0 Å². The molecule has 12 aromatic carbocycles. The molecular weight excluding hydrogens is 1210 g/mol. The lowest BCUT2D eigenvalue weighted by Crippen LogP contribution is -2.13. The van der Waals surface area contributed by atoms with Crippen molar-refractivity contribution in [1.29, 1.82) is 0 Å². The lowest BCUT2D eigenvalue weighted by atomic mass is 9.51. The van der Waals surface area contributed by atoms with Gasteiger partial charge < -0.3 is 19.8 Å². The Kier molecular flexibility index (Phi) is 14.5. The van der Waals surface area contributed by atoms with Crippen LogP contribution in [0, 0.1) is 0 Å². The van der Waals surface area contributed by atoms with Gasteiger partial charge in [-0.25, -0.2) is 15.0 Å². The number of rotatable bonds is 9. The molecule has 3 radical (unpaired) electrons. The van der Waals surface area contributed by atoms with Crippen LogP contribution in [0.15, 0.2) is 346 Å². The van der Waals surface area contributed by atoms with Gasteiger partial charge in [0.2, 0.25) is 0 Å². The maximum atomic E-state index is 5.80. The van der Waals surface area contributed by atoms with Gasteiger partial charge in [0.1, 0.15) is 16.9 Å². The third-order valence-electron chi connectivity index (χ3n) is 19.1. The molecule has 0 aliphatic carbocycles. The van der Waals surface area contributed by atoms with Crippen molar-refractivity contribution in [3.8, 4) is 28.4 Å². The second-order valence-corrected chi connectivity index (χ2v) is 24.7. The number of aromatic nitrogens is 8. The zero-order chi connectivity index (χ0) is 65.9. The molecule has 0 aliphatic rings. The van der Waals surface area contributed by atoms with E-state index in [1.54, 1.807) is 7.17 Å². The van der Waals surface area contributed by atoms with Crippen LogP contribution < -0.4 is 16.1 Å². The first kappa shape index (κ1) is 58.4. The predicted molar refractivity (Wildman–Crippen MR) is 415 cm³/mol. The molecular formula is C87H59B2N10. The highest BCUT2D eigenvalue weighted by molar-refractivity contribution is 6.97. The number of hydrogen-bond donors (Lipinski definition) is 1. The summed E-state index contributed by atoms with van der Waals surface area (Å²) < 4.78 is 11.3. The van der Waals surface area contributed by atoms with Crippen molar-refractivity contribution < 1.29 is 0 Å². The molecule has 0 aliphatic heterocycles. The number of nitrogens with two attached hydrogens (primary N) is 1. The fraction of sp³-hybridized carbons (Fsp3) is 0. The molecule has 8 heterocycles. The van der Waals surface area contributed by atoms with Gasteiger partial charge in [0.05, 0.1) is 45.8 Å². The van der Waals surface area contributed by atoms with Crippen LogP contribution in [0.2, 0.25) is 0 Å². The first-order valence-electron chi connectivity index (χ1n) is 33.1. The van der Waals surface area contributed by atoms with E-state index in [2.05, 4.69) is 318 Å². The zero-order valence-electron chi connectivity index (χ0n) is 53.7. The van der Waals surface area contributed by atoms with Crippen LogP contribution in [0.3, 0.4) is 0 Å². The minimum atomic E-state index is 0.787. The van der Waals surface area contributed by atoms with E-state index < -0.39 is 0 Å². The number of fused-ring (bicyclic) bond motifs is 15. The van der Waals surface area contributed by atoms with Crippen LogP contribution in [-0.4, -0.2) is 52.7 Å². The van der Waals surface area contributed by atoms with Gasteiger partial charge in [-0.1, -0.05) is 145 Å². The number of benzene rings is 12. The average molecular weight is 1270 g/mol. The highest BCUT2D eigenvalue weighted by Gasteiger charge is 2.20. The first-order valence-corrected chi connectivity index (χ1v) is 33.1. The maximum Gasteiger partial charge on any atom is 0.145 e. The summed E-state index contributed by atoms with van der Waals surface area (Å²) in [6.45, 7) is 0. The fourth-order valence-corrected chi connectivity index (χ4v) is 14.6. The minimum Gasteiger partial charge on any atom is -0.399 e. The SMILES string of the molecule is Nc1ccc(-n2c3ccccc3c3ccccc32)cc1.[B][B]c1ccc(-n2c3ccccc3c3cccnc32)cc1.c1ccc2c(c1)c1ccccc1n2-c1ccc(N(c2ccc(-n3c4ccccc4c4cccnc43)cc2)c2ccc(-n3c4ccccc4c4cccnc43)cc2)cc1. The first-order chi connectivity index (χ1) is 49.0. The number of nitrogens with zero attached hydrogens (tertiary/aromatic N) is 9. The second kappa shape index (κ2) is 24.5. The Morgan fingerprint density at radius 2 is 0.465 bits per heavy atom. The van der Waals surface area contributed by atoms with Crippen molar-refractivity contribution in [2.24, 2.45) is 0 Å². The number of para-hydroxylation sites is 7. The summed E-state index contributed by atoms with van der Waals surface area (Å²) in [5, 5.41) is 12.1. The number of anilines is 4. The molecule has 2 N–H and O–H groups in total. The Hall–Kier alpha value is -13.2. The fourth-order valence-electron chi connectivity index (χ4n) is 14.6. The Morgan fingerprint density at radius 3 is 0.747 bits per heavy atom. The van der Waals surface area contributed by atoms with Crippen LogP contribution in [0.5, 0.6) is 0 Å². The van der Waals surface area contributed by atoms with Crippen molar-refractivity contribution in [2.75, 3.05) is 10.6 Å². The summed E-state index contributed by atoms with van der Waals surface area (Å²) in [6, 6.07) is 115. The van der Waals surface area contributed by atoms with Crippen molar-refractivity contribution >= 4 is 153 Å². The molecule has 12 heteroatoms. The molecule has 463 valence electrons. The van der Waals surface area contributed by atoms with E-state index in [1.165, 1.54) is 65.2 Å². The van der Waals surface area contributed by atoms with Gasteiger partial charge in [-0.15, -0.1) is 0 Å². The molecule has 0 spiro atoms. The molecule has 10 nitrogen and oxygen atoms in total. The van der Waals surface area contributed by atoms with E-state index in [9.17, 15) is 0 Å². The topological polar surface area (TPSA) is 92.6 Å². The summed E-state index contributed by atoms with van der Waals surface area (Å²) in [7, 11) is 7.16. The van der Waals surface area contributed by atoms with E-state index in [1.807, 2.05) is 61.1 Å². The van der Waals surface area contributed by atoms with Crippen molar-refractivity contribution in [1.82, 2.24) is 37.8 Å². The maximum absolute atomic E-state index is 5.80. The molecule has 0 unspecified atom stereocenters. The Morgan fingerprint density at radius 1 is 0.242 bits per heavy atom. The molecule has 0 bridgehead atoms. The zero-order valence-corrected chi connectivity index (χ0v) is 53.7. The van der Waals surface area contributed by atoms with Crippen LogP contribution in [-0.2, 0) is 0 Å². The molecule has 0 saturated carbocycles. The molecule has 0 amide bonds. The second-order valence-electron chi connectivity index (χ2n) is 24.7. The standard InChI is InChI=1S/C52H34N6.C18H14N2.C17H11B2N2/c1-5-17-47-41(11-1)42-12-2-6-18-48(42)56(47)38-27-21-35(22-28-38)55(36-23-29-39(30-24-36)57-49-19-7-3-13-43(49)45-15-9-33-53-51(45)57)37-25-31-40(32-26-37)58-50-20-8-4-14-44(50)46-16-10-34-54-52(46)58;19-13-9-11-14(12-10-13)20-17-7-3-1-5-15(17)16-6-2-4-8-18(16)20;18-19-12-7-9-13(10-8-12)21-16-6-2-1-4-14(16)15-5-3-11-20-17(15)21/h1-34H;1-12H,19H2;1-11H. The van der Waals surface area contributed by atoms with E-state index in [0.717, 1.165) is 101 Å². The van der Waals surface area contributed by atoms with E-state index in [-0.39, 0.29) is 0 Å². The number of hydrogen-bond acceptors (Lipinski definition) is 5. The van der Waals surface area contributed by atoms with Gasteiger partial charge in [0, 0.05) is 131 Å². The Balaban J connectivity index is 0.000000139. The molecule has 0 fully saturated rings. The molecule has 0 saturated heterocycles. The van der Waals surface area contributed by atoms with Crippen LogP contribution >= 0.6 is 0 Å². The number of nitrogen functional groups attached to an aromatic ring is 1. The molecule has 20 rings (SSSR count). The summed E-state index contributed by atoms with van der Waals surface area (Å²) >= 11 is 0. The van der Waals surface area contributed by atoms with Gasteiger partial charge in [0.15, 0.2) is 0 Å². The highest BCUT2D eigenvalue weighted by atomic mass is 15.1. The molecule has 8 aromatic heterocycles. The van der Waals surface area contributed by atoms with E-state index in [0.29, 0.717) is 0 Å². The van der Waals surface area contributed by atoms with Crippen molar-refractivity contribution in [3.63, 3.8) is 0 Å². The highest BCUT2D eigenvalue weighted by Crippen LogP contribution is 2.41. The van der Waals surface area contributed by atoms with E-state index in [4.69, 9.17) is 23.4 Å². The van der Waals surface area contributed by atoms with Gasteiger partial charge >= 0.3 is 0 Å². The summed E-state index contributed by atoms with van der Waals surface area (Å²) in [5.74, 6) is 0. The quantitative estimate of drug-likeness (QED) is 0.115. The summed E-state index contributed by atoms with van der Waals surface area (Å²) in [6.07, 6.45) is 5.57. The van der Waals surface area contributed by atoms with Crippen LogP contribution in [0.25, 0.3) is 138 Å². The lowest BCUT2D eigenvalue weighted by molar-refractivity contribution is 1.13. The van der Waals surface area contributed by atoms with Crippen molar-refractivity contribution in [2.45, 2.75) is 0 Å². The monoisotopic (exact) mass is 1270 g/mol. The van der Waals surface area contributed by atoms with E-state index >= 15 is 0 Å². The Labute approximate surface area is 572 Å². The van der Waals surface area contributed by atoms with Crippen molar-refractivity contribution in [3.05, 3.63) is 346 Å². The summed E-state index contributed by atoms with van der Waals surface area (Å²) in [5.41, 5.74) is 27.3. The predicted octanol–water partition coefficient (Wildman–Crippen LogP) is 20.2.